The van der Waals surface area contributed by atoms with Crippen molar-refractivity contribution in [2.75, 3.05) is 26.7 Å². The maximum absolute atomic E-state index is 13.6. The van der Waals surface area contributed by atoms with Gasteiger partial charge in [-0.1, -0.05) is 38.1 Å². The molecule has 33 heavy (non-hydrogen) atoms. The Morgan fingerprint density at radius 2 is 1.97 bits per heavy atom. The second kappa shape index (κ2) is 8.95. The van der Waals surface area contributed by atoms with Crippen LogP contribution in [0.1, 0.15) is 53.0 Å². The molecule has 1 N–H and O–H groups in total. The molecule has 1 unspecified atom stereocenters. The van der Waals surface area contributed by atoms with Gasteiger partial charge < -0.3 is 15.0 Å². The highest BCUT2D eigenvalue weighted by Gasteiger charge is 2.37. The molecule has 0 bridgehead atoms. The van der Waals surface area contributed by atoms with Crippen LogP contribution < -0.4 is 10.1 Å². The van der Waals surface area contributed by atoms with Crippen LogP contribution >= 0.6 is 15.9 Å². The number of amides is 1. The topological polar surface area (TPSA) is 59.4 Å². The smallest absolute Gasteiger partial charge is 0.254 e. The molecule has 0 saturated heterocycles. The summed E-state index contributed by atoms with van der Waals surface area (Å²) < 4.78 is 8.37. The second-order valence-corrected chi connectivity index (χ2v) is 9.88. The van der Waals surface area contributed by atoms with Gasteiger partial charge in [0.1, 0.15) is 5.75 Å². The Morgan fingerprint density at radius 1 is 1.18 bits per heavy atom. The van der Waals surface area contributed by atoms with Crippen molar-refractivity contribution >= 4 is 21.8 Å². The average molecular weight is 509 g/mol. The highest BCUT2D eigenvalue weighted by atomic mass is 79.9. The van der Waals surface area contributed by atoms with E-state index in [2.05, 4.69) is 64.0 Å². The fourth-order valence-corrected chi connectivity index (χ4v) is 5.34. The van der Waals surface area contributed by atoms with Crippen LogP contribution in [0.3, 0.4) is 0 Å². The number of benzene rings is 2. The first kappa shape index (κ1) is 22.2. The molecule has 0 fully saturated rings. The summed E-state index contributed by atoms with van der Waals surface area (Å²) in [6.07, 6.45) is 0.798. The standard InChI is InChI=1S/C26H29BrN4O2/c1-16(2)17-4-6-18(7-5-17)24-20-10-12-30(22-15-28-11-13-31(29-24)25(20)22)26(32)19-8-9-21(27)23(14-19)33-3/h4-9,14,16,22,28H,10-13,15H2,1-3H3. The van der Waals surface area contributed by atoms with E-state index in [0.29, 0.717) is 23.8 Å². The van der Waals surface area contributed by atoms with Crippen LogP contribution in [-0.4, -0.2) is 47.3 Å². The number of hydrogen-bond acceptors (Lipinski definition) is 4. The third-order valence-corrected chi connectivity index (χ3v) is 7.39. The van der Waals surface area contributed by atoms with Gasteiger partial charge in [-0.2, -0.15) is 5.10 Å². The lowest BCUT2D eigenvalue weighted by molar-refractivity contribution is 0.0656. The summed E-state index contributed by atoms with van der Waals surface area (Å²) in [5.41, 5.74) is 6.63. The van der Waals surface area contributed by atoms with Crippen LogP contribution in [0.15, 0.2) is 46.9 Å². The Balaban J connectivity index is 1.52. The van der Waals surface area contributed by atoms with Crippen molar-refractivity contribution in [2.24, 2.45) is 0 Å². The summed E-state index contributed by atoms with van der Waals surface area (Å²) >= 11 is 3.48. The minimum absolute atomic E-state index is 0.0238. The summed E-state index contributed by atoms with van der Waals surface area (Å²) in [6, 6.07) is 14.3. The SMILES string of the molecule is COc1cc(C(=O)N2CCc3c(-c4ccc(C(C)C)cc4)nn4c3C2CNCC4)ccc1Br. The number of halogens is 1. The normalized spacial score (nSPS) is 17.6. The Morgan fingerprint density at radius 3 is 2.70 bits per heavy atom. The van der Waals surface area contributed by atoms with Crippen LogP contribution in [0.5, 0.6) is 5.75 Å². The van der Waals surface area contributed by atoms with E-state index in [-0.39, 0.29) is 11.9 Å². The zero-order valence-corrected chi connectivity index (χ0v) is 20.9. The molecule has 6 nitrogen and oxygen atoms in total. The van der Waals surface area contributed by atoms with Crippen LogP contribution in [0.2, 0.25) is 0 Å². The maximum Gasteiger partial charge on any atom is 0.254 e. The van der Waals surface area contributed by atoms with Crippen molar-refractivity contribution < 1.29 is 9.53 Å². The zero-order chi connectivity index (χ0) is 23.1. The third kappa shape index (κ3) is 3.97. The highest BCUT2D eigenvalue weighted by Crippen LogP contribution is 2.38. The van der Waals surface area contributed by atoms with Gasteiger partial charge in [0.15, 0.2) is 0 Å². The fraction of sp³-hybridized carbons (Fsp3) is 0.385. The lowest BCUT2D eigenvalue weighted by Crippen LogP contribution is -2.43. The van der Waals surface area contributed by atoms with Crippen LogP contribution in [-0.2, 0) is 13.0 Å². The number of rotatable bonds is 4. The molecule has 2 aliphatic rings. The first-order valence-corrected chi connectivity index (χ1v) is 12.3. The predicted molar refractivity (Wildman–Crippen MR) is 133 cm³/mol. The van der Waals surface area contributed by atoms with E-state index in [1.54, 1.807) is 7.11 Å². The number of ether oxygens (including phenoxy) is 1. The molecule has 2 aliphatic heterocycles. The van der Waals surface area contributed by atoms with E-state index in [4.69, 9.17) is 9.84 Å². The lowest BCUT2D eigenvalue weighted by Gasteiger charge is -2.36. The number of methoxy groups -OCH3 is 1. The average Bonchev–Trinajstić information content (AvgIpc) is 3.07. The van der Waals surface area contributed by atoms with Crippen LogP contribution in [0.25, 0.3) is 11.3 Å². The molecule has 2 aromatic carbocycles. The predicted octanol–water partition coefficient (Wildman–Crippen LogP) is 4.79. The number of carbonyl (C=O) groups excluding carboxylic acids is 1. The summed E-state index contributed by atoms with van der Waals surface area (Å²) in [4.78, 5) is 15.6. The Labute approximate surface area is 203 Å². The minimum Gasteiger partial charge on any atom is -0.496 e. The lowest BCUT2D eigenvalue weighted by atomic mass is 9.93. The molecule has 0 radical (unpaired) electrons. The van der Waals surface area contributed by atoms with Gasteiger partial charge in [0.05, 0.1) is 35.6 Å². The molecule has 1 amide bonds. The molecule has 3 aromatic rings. The third-order valence-electron chi connectivity index (χ3n) is 6.74. The molecule has 3 heterocycles. The quantitative estimate of drug-likeness (QED) is 0.550. The van der Waals surface area contributed by atoms with E-state index in [0.717, 1.165) is 41.8 Å². The van der Waals surface area contributed by atoms with E-state index < -0.39 is 0 Å². The van der Waals surface area contributed by atoms with E-state index in [1.807, 2.05) is 23.1 Å². The highest BCUT2D eigenvalue weighted by molar-refractivity contribution is 9.10. The summed E-state index contributed by atoms with van der Waals surface area (Å²) in [6.45, 7) is 7.45. The molecular formula is C26H29BrN4O2. The molecule has 0 aliphatic carbocycles. The van der Waals surface area contributed by atoms with Gasteiger partial charge in [0.2, 0.25) is 0 Å². The van der Waals surface area contributed by atoms with Crippen molar-refractivity contribution in [3.05, 3.63) is 69.3 Å². The summed E-state index contributed by atoms with van der Waals surface area (Å²) in [5, 5.41) is 8.54. The molecule has 172 valence electrons. The summed E-state index contributed by atoms with van der Waals surface area (Å²) in [7, 11) is 1.62. The number of carbonyl (C=O) groups is 1. The van der Waals surface area contributed by atoms with Gasteiger partial charge in [0, 0.05) is 36.3 Å². The fourth-order valence-electron chi connectivity index (χ4n) is 4.93. The van der Waals surface area contributed by atoms with Gasteiger partial charge in [-0.05, 0) is 52.0 Å². The van der Waals surface area contributed by atoms with Crippen molar-refractivity contribution in [3.63, 3.8) is 0 Å². The monoisotopic (exact) mass is 508 g/mol. The van der Waals surface area contributed by atoms with Gasteiger partial charge >= 0.3 is 0 Å². The second-order valence-electron chi connectivity index (χ2n) is 9.03. The molecule has 7 heteroatoms. The Hall–Kier alpha value is -2.64. The molecule has 1 aromatic heterocycles. The number of nitrogens with one attached hydrogen (secondary N) is 1. The summed E-state index contributed by atoms with van der Waals surface area (Å²) in [5.74, 6) is 1.19. The van der Waals surface area contributed by atoms with Gasteiger partial charge in [-0.3, -0.25) is 9.48 Å². The number of hydrogen-bond donors (Lipinski definition) is 1. The van der Waals surface area contributed by atoms with Crippen molar-refractivity contribution in [1.82, 2.24) is 20.0 Å². The maximum atomic E-state index is 13.6. The van der Waals surface area contributed by atoms with E-state index in [9.17, 15) is 4.79 Å². The molecule has 5 rings (SSSR count). The molecular weight excluding hydrogens is 480 g/mol. The van der Waals surface area contributed by atoms with Crippen molar-refractivity contribution in [1.29, 1.82) is 0 Å². The van der Waals surface area contributed by atoms with Gasteiger partial charge in [-0.25, -0.2) is 0 Å². The first-order chi connectivity index (χ1) is 16.0. The van der Waals surface area contributed by atoms with Crippen LogP contribution in [0, 0.1) is 0 Å². The minimum atomic E-state index is -0.0467. The Bertz CT molecular complexity index is 1190. The van der Waals surface area contributed by atoms with E-state index >= 15 is 0 Å². The van der Waals surface area contributed by atoms with Crippen LogP contribution in [0.4, 0.5) is 0 Å². The number of aromatic nitrogens is 2. The van der Waals surface area contributed by atoms with Crippen molar-refractivity contribution in [2.45, 2.75) is 38.8 Å². The Kier molecular flexibility index (Phi) is 6.01. The molecule has 1 atom stereocenters. The molecule has 0 saturated carbocycles. The first-order valence-electron chi connectivity index (χ1n) is 11.5. The largest absolute Gasteiger partial charge is 0.496 e. The number of nitrogens with zero attached hydrogens (tertiary/aromatic N) is 3. The van der Waals surface area contributed by atoms with Gasteiger partial charge in [-0.15, -0.1) is 0 Å². The van der Waals surface area contributed by atoms with E-state index in [1.165, 1.54) is 16.8 Å². The van der Waals surface area contributed by atoms with Crippen molar-refractivity contribution in [3.8, 4) is 17.0 Å². The van der Waals surface area contributed by atoms with Gasteiger partial charge in [0.25, 0.3) is 5.91 Å². The zero-order valence-electron chi connectivity index (χ0n) is 19.3. The molecule has 0 spiro atoms.